The minimum absolute atomic E-state index is 0.0186. The van der Waals surface area contributed by atoms with Gasteiger partial charge in [0.2, 0.25) is 0 Å². The van der Waals surface area contributed by atoms with Crippen LogP contribution in [-0.4, -0.2) is 45.6 Å². The molecule has 6 nitrogen and oxygen atoms in total. The second-order valence-corrected chi connectivity index (χ2v) is 2.82. The lowest BCUT2D eigenvalue weighted by molar-refractivity contribution is 0.0696. The summed E-state index contributed by atoms with van der Waals surface area (Å²) in [7, 11) is 0. The van der Waals surface area contributed by atoms with Crippen molar-refractivity contribution in [2.75, 3.05) is 13.2 Å². The van der Waals surface area contributed by atoms with Crippen molar-refractivity contribution in [3.05, 3.63) is 35.4 Å². The van der Waals surface area contributed by atoms with Crippen LogP contribution < -0.4 is 0 Å². The van der Waals surface area contributed by atoms with E-state index in [1.165, 1.54) is 18.2 Å². The first kappa shape index (κ1) is 18.4. The number of benzene rings is 1. The summed E-state index contributed by atoms with van der Waals surface area (Å²) in [6, 6.07) is 5.20. The number of carboxylic acid groups (broad SMARTS) is 2. The van der Waals surface area contributed by atoms with Crippen LogP contribution in [0.1, 0.15) is 34.6 Å². The molecule has 0 heterocycles. The normalized spacial score (nSPS) is 8.22. The summed E-state index contributed by atoms with van der Waals surface area (Å²) in [5.74, 6) is -2.25. The summed E-state index contributed by atoms with van der Waals surface area (Å²) in [5.41, 5.74) is -0.0372. The first-order valence-electron chi connectivity index (χ1n) is 5.22. The van der Waals surface area contributed by atoms with Crippen molar-refractivity contribution in [3.63, 3.8) is 0 Å². The molecule has 0 spiro atoms. The molecule has 102 valence electrons. The molecule has 0 unspecified atom stereocenters. The van der Waals surface area contributed by atoms with Crippen LogP contribution in [-0.2, 0) is 0 Å². The number of rotatable bonds is 2. The maximum Gasteiger partial charge on any atom is 0.335 e. The Balaban J connectivity index is 0. The van der Waals surface area contributed by atoms with Crippen molar-refractivity contribution in [2.45, 2.75) is 13.8 Å². The van der Waals surface area contributed by atoms with Gasteiger partial charge in [-0.15, -0.1) is 0 Å². The molecular formula is C12H18O6. The van der Waals surface area contributed by atoms with Gasteiger partial charge in [0.05, 0.1) is 11.1 Å². The Morgan fingerprint density at radius 3 is 1.44 bits per heavy atom. The predicted molar refractivity (Wildman–Crippen MR) is 65.9 cm³/mol. The first-order valence-corrected chi connectivity index (χ1v) is 5.22. The summed E-state index contributed by atoms with van der Waals surface area (Å²) in [4.78, 5) is 20.8. The quantitative estimate of drug-likeness (QED) is 0.631. The highest BCUT2D eigenvalue weighted by atomic mass is 16.4. The molecule has 1 aromatic rings. The Hall–Kier alpha value is -1.92. The predicted octanol–water partition coefficient (Wildman–Crippen LogP) is 1.08. The van der Waals surface area contributed by atoms with Crippen LogP contribution in [0.4, 0.5) is 0 Å². The molecule has 0 fully saturated rings. The van der Waals surface area contributed by atoms with E-state index in [-0.39, 0.29) is 24.3 Å². The highest BCUT2D eigenvalue weighted by Crippen LogP contribution is 2.04. The molecule has 0 aliphatic carbocycles. The Morgan fingerprint density at radius 1 is 0.944 bits per heavy atom. The van der Waals surface area contributed by atoms with E-state index in [9.17, 15) is 9.59 Å². The molecule has 0 radical (unpaired) electrons. The van der Waals surface area contributed by atoms with Crippen molar-refractivity contribution in [2.24, 2.45) is 0 Å². The first-order chi connectivity index (χ1) is 8.44. The third kappa shape index (κ3) is 9.32. The van der Waals surface area contributed by atoms with Gasteiger partial charge < -0.3 is 20.4 Å². The average Bonchev–Trinajstić information content (AvgIpc) is 2.31. The van der Waals surface area contributed by atoms with Crippen LogP contribution in [0.2, 0.25) is 0 Å². The van der Waals surface area contributed by atoms with E-state index in [0.717, 1.165) is 6.07 Å². The SMILES string of the molecule is CCO.CCO.O=C(O)c1cccc(C(=O)O)c1. The molecule has 0 aliphatic heterocycles. The van der Waals surface area contributed by atoms with Crippen molar-refractivity contribution in [1.82, 2.24) is 0 Å². The van der Waals surface area contributed by atoms with E-state index >= 15 is 0 Å². The summed E-state index contributed by atoms with van der Waals surface area (Å²) < 4.78 is 0. The van der Waals surface area contributed by atoms with Gasteiger partial charge in [-0.3, -0.25) is 0 Å². The maximum atomic E-state index is 10.4. The minimum atomic E-state index is -1.13. The Morgan fingerprint density at radius 2 is 1.22 bits per heavy atom. The highest BCUT2D eigenvalue weighted by molar-refractivity contribution is 5.93. The number of hydrogen-bond acceptors (Lipinski definition) is 4. The number of carboxylic acids is 2. The molecular weight excluding hydrogens is 240 g/mol. The Bertz CT molecular complexity index is 330. The fourth-order valence-electron chi connectivity index (χ4n) is 0.785. The van der Waals surface area contributed by atoms with Crippen molar-refractivity contribution >= 4 is 11.9 Å². The van der Waals surface area contributed by atoms with E-state index in [1.807, 2.05) is 0 Å². The van der Waals surface area contributed by atoms with Gasteiger partial charge in [0.15, 0.2) is 0 Å². The van der Waals surface area contributed by atoms with Crippen LogP contribution in [0.15, 0.2) is 24.3 Å². The summed E-state index contributed by atoms with van der Waals surface area (Å²) in [5, 5.41) is 32.1. The molecule has 0 aliphatic rings. The van der Waals surface area contributed by atoms with Gasteiger partial charge in [0.1, 0.15) is 0 Å². The smallest absolute Gasteiger partial charge is 0.335 e. The monoisotopic (exact) mass is 258 g/mol. The molecule has 0 atom stereocenters. The second kappa shape index (κ2) is 11.6. The van der Waals surface area contributed by atoms with Crippen molar-refractivity contribution in [3.8, 4) is 0 Å². The van der Waals surface area contributed by atoms with E-state index in [4.69, 9.17) is 20.4 Å². The van der Waals surface area contributed by atoms with Gasteiger partial charge in [-0.05, 0) is 32.0 Å². The standard InChI is InChI=1S/C8H6O4.2C2H6O/c9-7(10)5-2-1-3-6(4-5)8(11)12;2*1-2-3/h1-4H,(H,9,10)(H,11,12);2*3H,2H2,1H3. The van der Waals surface area contributed by atoms with E-state index in [1.54, 1.807) is 13.8 Å². The van der Waals surface area contributed by atoms with Gasteiger partial charge in [-0.25, -0.2) is 9.59 Å². The van der Waals surface area contributed by atoms with Crippen LogP contribution in [0.25, 0.3) is 0 Å². The molecule has 0 bridgehead atoms. The fourth-order valence-corrected chi connectivity index (χ4v) is 0.785. The molecule has 0 saturated carbocycles. The lowest BCUT2D eigenvalue weighted by atomic mass is 10.1. The lowest BCUT2D eigenvalue weighted by Crippen LogP contribution is -2.01. The molecule has 1 aromatic carbocycles. The number of aliphatic hydroxyl groups is 2. The highest BCUT2D eigenvalue weighted by Gasteiger charge is 2.06. The zero-order chi connectivity index (χ0) is 14.6. The molecule has 6 heteroatoms. The fraction of sp³-hybridized carbons (Fsp3) is 0.333. The summed E-state index contributed by atoms with van der Waals surface area (Å²) in [6.45, 7) is 3.86. The van der Waals surface area contributed by atoms with E-state index in [0.29, 0.717) is 0 Å². The molecule has 0 amide bonds. The van der Waals surface area contributed by atoms with Crippen LogP contribution in [0, 0.1) is 0 Å². The van der Waals surface area contributed by atoms with Gasteiger partial charge in [-0.2, -0.15) is 0 Å². The maximum absolute atomic E-state index is 10.4. The van der Waals surface area contributed by atoms with Crippen molar-refractivity contribution < 1.29 is 30.0 Å². The third-order valence-electron chi connectivity index (χ3n) is 1.36. The third-order valence-corrected chi connectivity index (χ3v) is 1.36. The number of aliphatic hydroxyl groups excluding tert-OH is 2. The van der Waals surface area contributed by atoms with Gasteiger partial charge in [-0.1, -0.05) is 6.07 Å². The Kier molecular flexibility index (Phi) is 11.8. The van der Waals surface area contributed by atoms with Gasteiger partial charge in [0.25, 0.3) is 0 Å². The summed E-state index contributed by atoms with van der Waals surface area (Å²) in [6.07, 6.45) is 0. The Labute approximate surface area is 105 Å². The van der Waals surface area contributed by atoms with Crippen LogP contribution >= 0.6 is 0 Å². The molecule has 1 rings (SSSR count). The van der Waals surface area contributed by atoms with Crippen LogP contribution in [0.5, 0.6) is 0 Å². The van der Waals surface area contributed by atoms with Crippen molar-refractivity contribution in [1.29, 1.82) is 0 Å². The molecule has 4 N–H and O–H groups in total. The van der Waals surface area contributed by atoms with Crippen LogP contribution in [0.3, 0.4) is 0 Å². The lowest BCUT2D eigenvalue weighted by Gasteiger charge is -1.95. The molecule has 18 heavy (non-hydrogen) atoms. The number of carbonyl (C=O) groups is 2. The largest absolute Gasteiger partial charge is 0.478 e. The van der Waals surface area contributed by atoms with E-state index < -0.39 is 11.9 Å². The second-order valence-electron chi connectivity index (χ2n) is 2.82. The molecule has 0 saturated heterocycles. The zero-order valence-corrected chi connectivity index (χ0v) is 10.3. The topological polar surface area (TPSA) is 115 Å². The average molecular weight is 258 g/mol. The number of aromatic carboxylic acids is 2. The minimum Gasteiger partial charge on any atom is -0.478 e. The van der Waals surface area contributed by atoms with Gasteiger partial charge >= 0.3 is 11.9 Å². The van der Waals surface area contributed by atoms with E-state index in [2.05, 4.69) is 0 Å². The summed E-state index contributed by atoms with van der Waals surface area (Å²) >= 11 is 0. The molecule has 0 aromatic heterocycles. The van der Waals surface area contributed by atoms with Gasteiger partial charge in [0, 0.05) is 13.2 Å². The zero-order valence-electron chi connectivity index (χ0n) is 10.3. The number of hydrogen-bond donors (Lipinski definition) is 4.